The predicted octanol–water partition coefficient (Wildman–Crippen LogP) is 1.25. The molecule has 1 heterocycles. The summed E-state index contributed by atoms with van der Waals surface area (Å²) in [4.78, 5) is 25.3. The molecule has 3 N–H and O–H groups in total. The molecule has 0 aliphatic carbocycles. The van der Waals surface area contributed by atoms with Crippen molar-refractivity contribution in [2.75, 3.05) is 13.1 Å². The van der Waals surface area contributed by atoms with Gasteiger partial charge in [0.1, 0.15) is 18.3 Å². The second kappa shape index (κ2) is 8.37. The average Bonchev–Trinajstić information content (AvgIpc) is 2.85. The smallest absolute Gasteiger partial charge is 0.410 e. The van der Waals surface area contributed by atoms with Crippen LogP contribution in [0.15, 0.2) is 30.3 Å². The van der Waals surface area contributed by atoms with Crippen LogP contribution in [0.1, 0.15) is 26.3 Å². The van der Waals surface area contributed by atoms with Crippen LogP contribution in [0.3, 0.4) is 0 Å². The number of nitrogens with zero attached hydrogens (tertiary/aromatic N) is 1. The highest BCUT2D eigenvalue weighted by molar-refractivity contribution is 5.70. The fraction of sp³-hybridized carbons (Fsp3) is 0.556. The maximum absolute atomic E-state index is 12.3. The van der Waals surface area contributed by atoms with Gasteiger partial charge in [-0.1, -0.05) is 30.3 Å². The van der Waals surface area contributed by atoms with Gasteiger partial charge in [-0.2, -0.15) is 0 Å². The van der Waals surface area contributed by atoms with Crippen LogP contribution in [0, 0.1) is 0 Å². The number of aliphatic hydroxyl groups excluding tert-OH is 2. The SMILES string of the molecule is CC(C)(C)OC(=O)N1C[C@@H](O)[C@@H](O)[C@@H]1CNC(=O)OCc1ccccc1. The fourth-order valence-corrected chi connectivity index (χ4v) is 2.61. The van der Waals surface area contributed by atoms with Crippen molar-refractivity contribution >= 4 is 12.2 Å². The lowest BCUT2D eigenvalue weighted by Crippen LogP contribution is -2.48. The van der Waals surface area contributed by atoms with Crippen LogP contribution in [0.25, 0.3) is 0 Å². The standard InChI is InChI=1S/C18H26N2O6/c1-18(2,3)26-17(24)20-10-14(21)15(22)13(20)9-19-16(23)25-11-12-7-5-4-6-8-12/h4-8,13-15,21-22H,9-11H2,1-3H3,(H,19,23)/t13-,14+,15-/m0/s1. The van der Waals surface area contributed by atoms with Gasteiger partial charge in [0.15, 0.2) is 0 Å². The molecule has 0 bridgehead atoms. The van der Waals surface area contributed by atoms with Crippen molar-refractivity contribution in [1.82, 2.24) is 10.2 Å². The van der Waals surface area contributed by atoms with E-state index in [9.17, 15) is 19.8 Å². The average molecular weight is 366 g/mol. The third-order valence-corrected chi connectivity index (χ3v) is 3.87. The van der Waals surface area contributed by atoms with Crippen molar-refractivity contribution in [3.63, 3.8) is 0 Å². The van der Waals surface area contributed by atoms with Crippen molar-refractivity contribution < 1.29 is 29.3 Å². The molecule has 0 spiro atoms. The van der Waals surface area contributed by atoms with Gasteiger partial charge in [-0.05, 0) is 26.3 Å². The summed E-state index contributed by atoms with van der Waals surface area (Å²) in [5.74, 6) is 0. The van der Waals surface area contributed by atoms with E-state index in [1.54, 1.807) is 20.8 Å². The highest BCUT2D eigenvalue weighted by atomic mass is 16.6. The number of ether oxygens (including phenoxy) is 2. The summed E-state index contributed by atoms with van der Waals surface area (Å²) >= 11 is 0. The van der Waals surface area contributed by atoms with E-state index in [1.165, 1.54) is 4.90 Å². The maximum Gasteiger partial charge on any atom is 0.410 e. The molecular weight excluding hydrogens is 340 g/mol. The monoisotopic (exact) mass is 366 g/mol. The van der Waals surface area contributed by atoms with Gasteiger partial charge in [-0.25, -0.2) is 9.59 Å². The van der Waals surface area contributed by atoms with Crippen LogP contribution in [0.2, 0.25) is 0 Å². The molecule has 8 nitrogen and oxygen atoms in total. The van der Waals surface area contributed by atoms with E-state index < -0.39 is 36.0 Å². The molecule has 2 amide bonds. The first kappa shape index (κ1) is 20.0. The Morgan fingerprint density at radius 2 is 1.88 bits per heavy atom. The van der Waals surface area contributed by atoms with Crippen LogP contribution < -0.4 is 5.32 Å². The molecule has 0 aromatic heterocycles. The Morgan fingerprint density at radius 1 is 1.23 bits per heavy atom. The Morgan fingerprint density at radius 3 is 2.50 bits per heavy atom. The largest absolute Gasteiger partial charge is 0.445 e. The zero-order chi connectivity index (χ0) is 19.3. The quantitative estimate of drug-likeness (QED) is 0.740. The Kier molecular flexibility index (Phi) is 6.44. The number of aliphatic hydroxyl groups is 2. The zero-order valence-corrected chi connectivity index (χ0v) is 15.2. The number of carbonyl (C=O) groups excluding carboxylic acids is 2. The summed E-state index contributed by atoms with van der Waals surface area (Å²) < 4.78 is 10.4. The molecule has 1 fully saturated rings. The molecule has 2 rings (SSSR count). The van der Waals surface area contributed by atoms with E-state index in [1.807, 2.05) is 30.3 Å². The van der Waals surface area contributed by atoms with Gasteiger partial charge in [0.2, 0.25) is 0 Å². The van der Waals surface area contributed by atoms with Gasteiger partial charge in [0, 0.05) is 6.54 Å². The van der Waals surface area contributed by atoms with Crippen LogP contribution in [0.5, 0.6) is 0 Å². The summed E-state index contributed by atoms with van der Waals surface area (Å²) in [5.41, 5.74) is 0.136. The highest BCUT2D eigenvalue weighted by Crippen LogP contribution is 2.21. The number of benzene rings is 1. The van der Waals surface area contributed by atoms with Crippen molar-refractivity contribution in [2.45, 2.75) is 51.2 Å². The van der Waals surface area contributed by atoms with Gasteiger partial charge in [-0.15, -0.1) is 0 Å². The molecule has 0 unspecified atom stereocenters. The van der Waals surface area contributed by atoms with Crippen molar-refractivity contribution in [2.24, 2.45) is 0 Å². The summed E-state index contributed by atoms with van der Waals surface area (Å²) in [6, 6.07) is 8.39. The van der Waals surface area contributed by atoms with E-state index in [0.717, 1.165) is 5.56 Å². The Balaban J connectivity index is 1.88. The molecule has 1 saturated heterocycles. The van der Waals surface area contributed by atoms with Crippen molar-refractivity contribution in [3.8, 4) is 0 Å². The fourth-order valence-electron chi connectivity index (χ4n) is 2.61. The summed E-state index contributed by atoms with van der Waals surface area (Å²) in [6.07, 6.45) is -3.62. The minimum Gasteiger partial charge on any atom is -0.445 e. The van der Waals surface area contributed by atoms with Crippen LogP contribution >= 0.6 is 0 Å². The lowest BCUT2D eigenvalue weighted by molar-refractivity contribution is 0.0136. The molecule has 144 valence electrons. The van der Waals surface area contributed by atoms with E-state index >= 15 is 0 Å². The zero-order valence-electron chi connectivity index (χ0n) is 15.2. The lowest BCUT2D eigenvalue weighted by Gasteiger charge is -2.29. The predicted molar refractivity (Wildman–Crippen MR) is 93.4 cm³/mol. The Bertz CT molecular complexity index is 616. The molecule has 0 radical (unpaired) electrons. The van der Waals surface area contributed by atoms with Gasteiger partial charge in [0.25, 0.3) is 0 Å². The first-order valence-corrected chi connectivity index (χ1v) is 8.47. The van der Waals surface area contributed by atoms with Crippen LogP contribution in [0.4, 0.5) is 9.59 Å². The number of likely N-dealkylation sites (tertiary alicyclic amines) is 1. The summed E-state index contributed by atoms with van der Waals surface area (Å²) in [6.45, 7) is 5.15. The minimum atomic E-state index is -1.18. The Hall–Kier alpha value is -2.32. The maximum atomic E-state index is 12.3. The number of hydrogen-bond donors (Lipinski definition) is 3. The molecule has 26 heavy (non-hydrogen) atoms. The molecule has 1 aromatic rings. The van der Waals surface area contributed by atoms with Crippen LogP contribution in [-0.4, -0.2) is 64.2 Å². The highest BCUT2D eigenvalue weighted by Gasteiger charge is 2.44. The third-order valence-electron chi connectivity index (χ3n) is 3.87. The second-order valence-electron chi connectivity index (χ2n) is 7.20. The van der Waals surface area contributed by atoms with E-state index in [4.69, 9.17) is 9.47 Å². The van der Waals surface area contributed by atoms with E-state index in [0.29, 0.717) is 0 Å². The first-order chi connectivity index (χ1) is 12.2. The summed E-state index contributed by atoms with van der Waals surface area (Å²) in [7, 11) is 0. The van der Waals surface area contributed by atoms with Crippen LogP contribution in [-0.2, 0) is 16.1 Å². The number of alkyl carbamates (subject to hydrolysis) is 1. The molecule has 0 saturated carbocycles. The van der Waals surface area contributed by atoms with E-state index in [-0.39, 0.29) is 19.7 Å². The first-order valence-electron chi connectivity index (χ1n) is 8.47. The van der Waals surface area contributed by atoms with Crippen molar-refractivity contribution in [1.29, 1.82) is 0 Å². The second-order valence-corrected chi connectivity index (χ2v) is 7.20. The molecule has 1 aliphatic heterocycles. The Labute approximate surface area is 152 Å². The third kappa shape index (κ3) is 5.60. The number of amides is 2. The lowest BCUT2D eigenvalue weighted by atomic mass is 10.1. The number of hydrogen-bond acceptors (Lipinski definition) is 6. The topological polar surface area (TPSA) is 108 Å². The van der Waals surface area contributed by atoms with Gasteiger partial charge >= 0.3 is 12.2 Å². The van der Waals surface area contributed by atoms with Gasteiger partial charge in [0.05, 0.1) is 18.7 Å². The normalized spacial score (nSPS) is 22.8. The molecule has 8 heteroatoms. The van der Waals surface area contributed by atoms with E-state index in [2.05, 4.69) is 5.32 Å². The number of β-amino-alcohol motifs (C(OH)–C–C–N with tert-alkyl or cyclic N) is 1. The molecular formula is C18H26N2O6. The molecule has 1 aromatic carbocycles. The number of nitrogens with one attached hydrogen (secondary N) is 1. The molecule has 3 atom stereocenters. The molecule has 1 aliphatic rings. The van der Waals surface area contributed by atoms with Gasteiger partial charge < -0.3 is 25.0 Å². The van der Waals surface area contributed by atoms with Crippen molar-refractivity contribution in [3.05, 3.63) is 35.9 Å². The number of carbonyl (C=O) groups is 2. The van der Waals surface area contributed by atoms with Gasteiger partial charge in [-0.3, -0.25) is 4.90 Å². The number of rotatable bonds is 4. The summed E-state index contributed by atoms with van der Waals surface area (Å²) in [5, 5.41) is 22.5. The minimum absolute atomic E-state index is 0.0644.